The van der Waals surface area contributed by atoms with E-state index in [9.17, 15) is 0 Å². The smallest absolute Gasteiger partial charge is 0.191 e. The van der Waals surface area contributed by atoms with E-state index in [0.717, 1.165) is 23.1 Å². The van der Waals surface area contributed by atoms with Crippen LogP contribution in [-0.4, -0.2) is 29.9 Å². The van der Waals surface area contributed by atoms with Crippen LogP contribution in [-0.2, 0) is 0 Å². The number of nitrogens with one attached hydrogen (secondary N) is 2. The number of benzene rings is 1. The van der Waals surface area contributed by atoms with Crippen LogP contribution in [0.1, 0.15) is 6.92 Å². The lowest BCUT2D eigenvalue weighted by molar-refractivity contribution is 0.342. The van der Waals surface area contributed by atoms with Crippen molar-refractivity contribution in [2.75, 3.05) is 30.5 Å². The molecule has 0 spiro atoms. The SMILES string of the molecule is CCOc1ccccc1Nc1cc(NC)nc(SC)n1. The Morgan fingerprint density at radius 1 is 1.20 bits per heavy atom. The highest BCUT2D eigenvalue weighted by molar-refractivity contribution is 7.98. The van der Waals surface area contributed by atoms with Crippen LogP contribution in [0.3, 0.4) is 0 Å². The van der Waals surface area contributed by atoms with Crippen molar-refractivity contribution in [3.8, 4) is 5.75 Å². The van der Waals surface area contributed by atoms with Crippen molar-refractivity contribution in [1.29, 1.82) is 0 Å². The Morgan fingerprint density at radius 2 is 1.95 bits per heavy atom. The van der Waals surface area contributed by atoms with Crippen LogP contribution < -0.4 is 15.4 Å². The summed E-state index contributed by atoms with van der Waals surface area (Å²) in [7, 11) is 1.84. The minimum Gasteiger partial charge on any atom is -0.492 e. The highest BCUT2D eigenvalue weighted by Crippen LogP contribution is 2.28. The Hall–Kier alpha value is -1.95. The number of hydrogen-bond donors (Lipinski definition) is 2. The van der Waals surface area contributed by atoms with Gasteiger partial charge in [0.15, 0.2) is 5.16 Å². The van der Waals surface area contributed by atoms with Crippen LogP contribution in [0, 0.1) is 0 Å². The lowest BCUT2D eigenvalue weighted by Gasteiger charge is -2.12. The molecule has 106 valence electrons. The normalized spacial score (nSPS) is 10.2. The Kier molecular flexibility index (Phi) is 5.06. The highest BCUT2D eigenvalue weighted by atomic mass is 32.2. The van der Waals surface area contributed by atoms with Crippen molar-refractivity contribution in [2.45, 2.75) is 12.1 Å². The maximum absolute atomic E-state index is 5.60. The van der Waals surface area contributed by atoms with Crippen molar-refractivity contribution in [2.24, 2.45) is 0 Å². The third-order valence-corrected chi connectivity index (χ3v) is 3.14. The van der Waals surface area contributed by atoms with Gasteiger partial charge in [0.2, 0.25) is 0 Å². The minimum atomic E-state index is 0.625. The lowest BCUT2D eigenvalue weighted by atomic mass is 10.3. The molecule has 1 heterocycles. The number of rotatable bonds is 6. The van der Waals surface area contributed by atoms with E-state index in [1.165, 1.54) is 11.8 Å². The van der Waals surface area contributed by atoms with E-state index in [0.29, 0.717) is 11.8 Å². The molecule has 0 amide bonds. The summed E-state index contributed by atoms with van der Waals surface area (Å²) in [4.78, 5) is 8.78. The zero-order valence-electron chi connectivity index (χ0n) is 11.8. The van der Waals surface area contributed by atoms with Gasteiger partial charge >= 0.3 is 0 Å². The molecule has 2 N–H and O–H groups in total. The monoisotopic (exact) mass is 290 g/mol. The number of ether oxygens (including phenoxy) is 1. The number of nitrogens with zero attached hydrogens (tertiary/aromatic N) is 2. The maximum atomic E-state index is 5.60. The zero-order valence-corrected chi connectivity index (χ0v) is 12.6. The quantitative estimate of drug-likeness (QED) is 0.628. The first-order valence-electron chi connectivity index (χ1n) is 6.36. The lowest BCUT2D eigenvalue weighted by Crippen LogP contribution is -2.02. The van der Waals surface area contributed by atoms with E-state index in [1.54, 1.807) is 0 Å². The van der Waals surface area contributed by atoms with Crippen LogP contribution in [0.15, 0.2) is 35.5 Å². The summed E-state index contributed by atoms with van der Waals surface area (Å²) in [6.07, 6.45) is 1.95. The molecule has 0 radical (unpaired) electrons. The Balaban J connectivity index is 2.29. The molecule has 0 saturated carbocycles. The first kappa shape index (κ1) is 14.5. The van der Waals surface area contributed by atoms with Gasteiger partial charge in [-0.05, 0) is 25.3 Å². The molecule has 0 aliphatic rings. The summed E-state index contributed by atoms with van der Waals surface area (Å²) in [6, 6.07) is 9.66. The molecule has 2 aromatic rings. The molecular formula is C14H18N4OS. The largest absolute Gasteiger partial charge is 0.492 e. The van der Waals surface area contributed by atoms with Crippen LogP contribution in [0.25, 0.3) is 0 Å². The predicted octanol–water partition coefficient (Wildman–Crippen LogP) is 3.38. The van der Waals surface area contributed by atoms with Gasteiger partial charge in [-0.15, -0.1) is 0 Å². The topological polar surface area (TPSA) is 59.1 Å². The zero-order chi connectivity index (χ0) is 14.4. The van der Waals surface area contributed by atoms with E-state index in [2.05, 4.69) is 20.6 Å². The summed E-state index contributed by atoms with van der Waals surface area (Å²) in [5.74, 6) is 2.33. The van der Waals surface area contributed by atoms with Crippen molar-refractivity contribution < 1.29 is 4.74 Å². The third kappa shape index (κ3) is 3.54. The standard InChI is InChI=1S/C14H18N4OS/c1-4-19-11-8-6-5-7-10(11)16-13-9-12(15-2)17-14(18-13)20-3/h5-9H,4H2,1-3H3,(H2,15,16,17,18). The summed E-state index contributed by atoms with van der Waals surface area (Å²) < 4.78 is 5.60. The van der Waals surface area contributed by atoms with Gasteiger partial charge in [0.1, 0.15) is 17.4 Å². The average Bonchev–Trinajstić information content (AvgIpc) is 2.49. The number of thioether (sulfide) groups is 1. The first-order valence-corrected chi connectivity index (χ1v) is 7.59. The maximum Gasteiger partial charge on any atom is 0.191 e. The van der Waals surface area contributed by atoms with E-state index < -0.39 is 0 Å². The van der Waals surface area contributed by atoms with E-state index in [1.807, 2.05) is 50.6 Å². The summed E-state index contributed by atoms with van der Waals surface area (Å²) in [6.45, 7) is 2.59. The molecule has 0 unspecified atom stereocenters. The van der Waals surface area contributed by atoms with Gasteiger partial charge in [0.25, 0.3) is 0 Å². The Morgan fingerprint density at radius 3 is 2.65 bits per heavy atom. The average molecular weight is 290 g/mol. The molecule has 0 saturated heterocycles. The molecule has 0 aliphatic carbocycles. The minimum absolute atomic E-state index is 0.625. The molecule has 20 heavy (non-hydrogen) atoms. The third-order valence-electron chi connectivity index (χ3n) is 2.59. The fourth-order valence-corrected chi connectivity index (χ4v) is 2.08. The van der Waals surface area contributed by atoms with Crippen molar-refractivity contribution in [3.63, 3.8) is 0 Å². The van der Waals surface area contributed by atoms with Gasteiger partial charge in [0, 0.05) is 13.1 Å². The van der Waals surface area contributed by atoms with Crippen molar-refractivity contribution in [1.82, 2.24) is 9.97 Å². The fraction of sp³-hybridized carbons (Fsp3) is 0.286. The molecule has 0 fully saturated rings. The van der Waals surface area contributed by atoms with Crippen molar-refractivity contribution in [3.05, 3.63) is 30.3 Å². The number of hydrogen-bond acceptors (Lipinski definition) is 6. The number of anilines is 3. The summed E-state index contributed by atoms with van der Waals surface area (Å²) >= 11 is 1.50. The van der Waals surface area contributed by atoms with Gasteiger partial charge in [0.05, 0.1) is 12.3 Å². The van der Waals surface area contributed by atoms with Crippen LogP contribution in [0.5, 0.6) is 5.75 Å². The second kappa shape index (κ2) is 7.00. The van der Waals surface area contributed by atoms with E-state index in [-0.39, 0.29) is 0 Å². The molecule has 1 aromatic heterocycles. The Bertz CT molecular complexity index is 555. The van der Waals surface area contributed by atoms with Crippen molar-refractivity contribution >= 4 is 29.1 Å². The highest BCUT2D eigenvalue weighted by Gasteiger charge is 2.06. The molecule has 0 atom stereocenters. The summed E-state index contributed by atoms with van der Waals surface area (Å²) in [5.41, 5.74) is 0.891. The second-order valence-electron chi connectivity index (χ2n) is 3.93. The number of aromatic nitrogens is 2. The molecule has 2 rings (SSSR count). The van der Waals surface area contributed by atoms with Gasteiger partial charge in [-0.25, -0.2) is 9.97 Å². The van der Waals surface area contributed by atoms with Gasteiger partial charge in [-0.1, -0.05) is 23.9 Å². The summed E-state index contributed by atoms with van der Waals surface area (Å²) in [5, 5.41) is 7.03. The predicted molar refractivity (Wildman–Crippen MR) is 84.3 cm³/mol. The second-order valence-corrected chi connectivity index (χ2v) is 4.70. The Labute approximate surface area is 123 Å². The van der Waals surface area contributed by atoms with Crippen LogP contribution in [0.2, 0.25) is 0 Å². The molecule has 6 heteroatoms. The molecular weight excluding hydrogens is 272 g/mol. The van der Waals surface area contributed by atoms with Gasteiger partial charge < -0.3 is 15.4 Å². The molecule has 1 aromatic carbocycles. The first-order chi connectivity index (χ1) is 9.76. The number of para-hydroxylation sites is 2. The van der Waals surface area contributed by atoms with Gasteiger partial charge in [-0.3, -0.25) is 0 Å². The van der Waals surface area contributed by atoms with Crippen LogP contribution >= 0.6 is 11.8 Å². The van der Waals surface area contributed by atoms with E-state index >= 15 is 0 Å². The van der Waals surface area contributed by atoms with Crippen LogP contribution in [0.4, 0.5) is 17.3 Å². The molecule has 0 aliphatic heterocycles. The molecule has 0 bridgehead atoms. The van der Waals surface area contributed by atoms with E-state index in [4.69, 9.17) is 4.74 Å². The molecule has 5 nitrogen and oxygen atoms in total. The fourth-order valence-electron chi connectivity index (χ4n) is 1.70. The van der Waals surface area contributed by atoms with Gasteiger partial charge in [-0.2, -0.15) is 0 Å².